The second kappa shape index (κ2) is 5.74. The standard InChI is InChI=1S/C19H20N2O3/c22-13-6-8-15-17(10-13)21(12-4-2-1-3-5-12)20-19(15)16-9-7-14(23)11-18(16)24/h6-12,22-24H,1-5H2. The van der Waals surface area contributed by atoms with Gasteiger partial charge in [-0.15, -0.1) is 0 Å². The van der Waals surface area contributed by atoms with Crippen molar-refractivity contribution in [2.75, 3.05) is 0 Å². The molecule has 4 rings (SSSR count). The molecule has 1 aliphatic rings. The fourth-order valence-corrected chi connectivity index (χ4v) is 3.65. The number of hydrogen-bond acceptors (Lipinski definition) is 4. The summed E-state index contributed by atoms with van der Waals surface area (Å²) in [7, 11) is 0. The lowest BCUT2D eigenvalue weighted by Gasteiger charge is -2.22. The summed E-state index contributed by atoms with van der Waals surface area (Å²) in [5.74, 6) is 0.226. The molecule has 0 spiro atoms. The normalized spacial score (nSPS) is 15.8. The Hall–Kier alpha value is -2.69. The van der Waals surface area contributed by atoms with Gasteiger partial charge in [-0.05, 0) is 37.1 Å². The van der Waals surface area contributed by atoms with Crippen molar-refractivity contribution in [1.82, 2.24) is 9.78 Å². The second-order valence-electron chi connectivity index (χ2n) is 6.49. The fourth-order valence-electron chi connectivity index (χ4n) is 3.65. The van der Waals surface area contributed by atoms with Gasteiger partial charge in [0.2, 0.25) is 0 Å². The molecule has 2 aromatic carbocycles. The molecule has 1 aliphatic carbocycles. The molecule has 24 heavy (non-hydrogen) atoms. The molecule has 1 heterocycles. The first-order chi connectivity index (χ1) is 11.6. The summed E-state index contributed by atoms with van der Waals surface area (Å²) >= 11 is 0. The van der Waals surface area contributed by atoms with Gasteiger partial charge in [-0.3, -0.25) is 4.68 Å². The molecule has 0 atom stereocenters. The van der Waals surface area contributed by atoms with E-state index >= 15 is 0 Å². The summed E-state index contributed by atoms with van der Waals surface area (Å²) in [4.78, 5) is 0. The summed E-state index contributed by atoms with van der Waals surface area (Å²) in [6.45, 7) is 0. The van der Waals surface area contributed by atoms with Crippen molar-refractivity contribution < 1.29 is 15.3 Å². The van der Waals surface area contributed by atoms with Crippen molar-refractivity contribution in [3.8, 4) is 28.5 Å². The highest BCUT2D eigenvalue weighted by atomic mass is 16.3. The Kier molecular flexibility index (Phi) is 3.56. The average Bonchev–Trinajstić information content (AvgIpc) is 2.94. The van der Waals surface area contributed by atoms with Crippen LogP contribution < -0.4 is 0 Å². The largest absolute Gasteiger partial charge is 0.508 e. The monoisotopic (exact) mass is 324 g/mol. The quantitative estimate of drug-likeness (QED) is 0.656. The van der Waals surface area contributed by atoms with Crippen LogP contribution in [0.15, 0.2) is 36.4 Å². The van der Waals surface area contributed by atoms with E-state index in [1.54, 1.807) is 24.3 Å². The lowest BCUT2D eigenvalue weighted by molar-refractivity contribution is 0.337. The Morgan fingerprint density at radius 3 is 2.33 bits per heavy atom. The van der Waals surface area contributed by atoms with Crippen molar-refractivity contribution in [1.29, 1.82) is 0 Å². The summed E-state index contributed by atoms with van der Waals surface area (Å²) in [5.41, 5.74) is 2.13. The van der Waals surface area contributed by atoms with Gasteiger partial charge in [0, 0.05) is 23.1 Å². The van der Waals surface area contributed by atoms with E-state index in [4.69, 9.17) is 5.10 Å². The molecule has 1 saturated carbocycles. The maximum absolute atomic E-state index is 10.2. The van der Waals surface area contributed by atoms with Crippen molar-refractivity contribution in [2.24, 2.45) is 0 Å². The van der Waals surface area contributed by atoms with Gasteiger partial charge < -0.3 is 15.3 Å². The summed E-state index contributed by atoms with van der Waals surface area (Å²) in [5, 5.41) is 35.3. The minimum Gasteiger partial charge on any atom is -0.508 e. The Labute approximate surface area is 139 Å². The van der Waals surface area contributed by atoms with Crippen LogP contribution in [0.3, 0.4) is 0 Å². The number of fused-ring (bicyclic) bond motifs is 1. The highest BCUT2D eigenvalue weighted by molar-refractivity contribution is 5.95. The number of aromatic hydroxyl groups is 3. The van der Waals surface area contributed by atoms with Crippen LogP contribution in [0.2, 0.25) is 0 Å². The van der Waals surface area contributed by atoms with Crippen LogP contribution in [-0.2, 0) is 0 Å². The van der Waals surface area contributed by atoms with Gasteiger partial charge in [0.25, 0.3) is 0 Å². The molecule has 3 aromatic rings. The molecule has 3 N–H and O–H groups in total. The highest BCUT2D eigenvalue weighted by Crippen LogP contribution is 2.39. The number of nitrogens with zero attached hydrogens (tertiary/aromatic N) is 2. The molecule has 0 amide bonds. The Balaban J connectivity index is 1.92. The molecule has 0 saturated heterocycles. The maximum atomic E-state index is 10.2. The zero-order chi connectivity index (χ0) is 16.7. The predicted molar refractivity (Wildman–Crippen MR) is 92.3 cm³/mol. The maximum Gasteiger partial charge on any atom is 0.128 e. The molecule has 1 fully saturated rings. The molecule has 124 valence electrons. The smallest absolute Gasteiger partial charge is 0.128 e. The predicted octanol–water partition coefficient (Wildman–Crippen LogP) is 4.33. The summed E-state index contributed by atoms with van der Waals surface area (Å²) in [6, 6.07) is 10.1. The molecule has 5 nitrogen and oxygen atoms in total. The van der Waals surface area contributed by atoms with Gasteiger partial charge in [-0.1, -0.05) is 19.3 Å². The van der Waals surface area contributed by atoms with E-state index < -0.39 is 0 Å². The number of hydrogen-bond donors (Lipinski definition) is 3. The molecule has 1 aromatic heterocycles. The second-order valence-corrected chi connectivity index (χ2v) is 6.49. The Morgan fingerprint density at radius 1 is 0.875 bits per heavy atom. The van der Waals surface area contributed by atoms with Gasteiger partial charge in [-0.25, -0.2) is 0 Å². The molecule has 0 radical (unpaired) electrons. The first-order valence-electron chi connectivity index (χ1n) is 8.37. The Morgan fingerprint density at radius 2 is 1.58 bits per heavy atom. The molecular formula is C19H20N2O3. The van der Waals surface area contributed by atoms with Crippen molar-refractivity contribution in [2.45, 2.75) is 38.1 Å². The van der Waals surface area contributed by atoms with Gasteiger partial charge >= 0.3 is 0 Å². The van der Waals surface area contributed by atoms with E-state index in [0.29, 0.717) is 17.3 Å². The third-order valence-electron chi connectivity index (χ3n) is 4.85. The van der Waals surface area contributed by atoms with Gasteiger partial charge in [-0.2, -0.15) is 5.10 Å². The van der Waals surface area contributed by atoms with Crippen LogP contribution >= 0.6 is 0 Å². The first kappa shape index (κ1) is 14.9. The van der Waals surface area contributed by atoms with E-state index in [0.717, 1.165) is 23.7 Å². The van der Waals surface area contributed by atoms with E-state index in [9.17, 15) is 15.3 Å². The van der Waals surface area contributed by atoms with Crippen molar-refractivity contribution >= 4 is 10.9 Å². The molecule has 0 aliphatic heterocycles. The van der Waals surface area contributed by atoms with E-state index in [1.807, 2.05) is 10.7 Å². The third-order valence-corrected chi connectivity index (χ3v) is 4.85. The van der Waals surface area contributed by atoms with E-state index in [2.05, 4.69) is 0 Å². The number of aromatic nitrogens is 2. The lowest BCUT2D eigenvalue weighted by atomic mass is 9.95. The van der Waals surface area contributed by atoms with E-state index in [1.165, 1.54) is 25.3 Å². The highest BCUT2D eigenvalue weighted by Gasteiger charge is 2.22. The fraction of sp³-hybridized carbons (Fsp3) is 0.316. The van der Waals surface area contributed by atoms with Gasteiger partial charge in [0.1, 0.15) is 22.9 Å². The minimum absolute atomic E-state index is 0.00160. The first-order valence-corrected chi connectivity index (χ1v) is 8.37. The van der Waals surface area contributed by atoms with Crippen LogP contribution in [0.4, 0.5) is 0 Å². The Bertz CT molecular complexity index is 895. The van der Waals surface area contributed by atoms with Gasteiger partial charge in [0.05, 0.1) is 11.6 Å². The van der Waals surface area contributed by atoms with Crippen LogP contribution in [0, 0.1) is 0 Å². The van der Waals surface area contributed by atoms with Crippen molar-refractivity contribution in [3.05, 3.63) is 36.4 Å². The van der Waals surface area contributed by atoms with E-state index in [-0.39, 0.29) is 17.2 Å². The number of phenolic OH excluding ortho intramolecular Hbond substituents is 3. The third kappa shape index (κ3) is 2.46. The number of phenols is 3. The van der Waals surface area contributed by atoms with Crippen LogP contribution in [0.5, 0.6) is 17.2 Å². The molecular weight excluding hydrogens is 304 g/mol. The van der Waals surface area contributed by atoms with Crippen molar-refractivity contribution in [3.63, 3.8) is 0 Å². The minimum atomic E-state index is -0.00160. The summed E-state index contributed by atoms with van der Waals surface area (Å²) < 4.78 is 2.00. The van der Waals surface area contributed by atoms with Crippen LogP contribution in [-0.4, -0.2) is 25.1 Å². The topological polar surface area (TPSA) is 78.5 Å². The lowest BCUT2D eigenvalue weighted by Crippen LogP contribution is -2.14. The number of benzene rings is 2. The molecule has 5 heteroatoms. The zero-order valence-corrected chi connectivity index (χ0v) is 13.3. The summed E-state index contributed by atoms with van der Waals surface area (Å²) in [6.07, 6.45) is 5.78. The number of rotatable bonds is 2. The average molecular weight is 324 g/mol. The zero-order valence-electron chi connectivity index (χ0n) is 13.3. The van der Waals surface area contributed by atoms with Crippen LogP contribution in [0.25, 0.3) is 22.2 Å². The van der Waals surface area contributed by atoms with Crippen LogP contribution in [0.1, 0.15) is 38.1 Å². The molecule has 0 unspecified atom stereocenters. The SMILES string of the molecule is Oc1ccc(-c2nn(C3CCCCC3)c3cc(O)ccc23)c(O)c1. The molecule has 0 bridgehead atoms. The van der Waals surface area contributed by atoms with Gasteiger partial charge in [0.15, 0.2) is 0 Å².